The number of aromatic nitrogens is 2. The third kappa shape index (κ3) is 3.71. The van der Waals surface area contributed by atoms with Crippen LogP contribution in [0.2, 0.25) is 0 Å². The maximum absolute atomic E-state index is 5.49. The van der Waals surface area contributed by atoms with E-state index in [0.717, 1.165) is 18.7 Å². The summed E-state index contributed by atoms with van der Waals surface area (Å²) in [5, 5.41) is 14.1. The fourth-order valence-electron chi connectivity index (χ4n) is 1.71. The van der Waals surface area contributed by atoms with Gasteiger partial charge < -0.3 is 19.8 Å². The minimum atomic E-state index is 0.0552. The Bertz CT molecular complexity index is 524. The molecule has 1 unspecified atom stereocenters. The van der Waals surface area contributed by atoms with Crippen LogP contribution >= 0.6 is 0 Å². The largest absolute Gasteiger partial charge is 0.497 e. The third-order valence-electron chi connectivity index (χ3n) is 3.09. The molecule has 2 aromatic rings. The summed E-state index contributed by atoms with van der Waals surface area (Å²) in [7, 11) is 3.52. The molecular weight excluding hydrogens is 256 g/mol. The summed E-state index contributed by atoms with van der Waals surface area (Å²) < 4.78 is 10.6. The number of nitrogens with zero attached hydrogens (tertiary/aromatic N) is 2. The monoisotopic (exact) mass is 276 g/mol. The maximum atomic E-state index is 5.49. The quantitative estimate of drug-likeness (QED) is 0.806. The van der Waals surface area contributed by atoms with Crippen molar-refractivity contribution in [3.05, 3.63) is 35.7 Å². The van der Waals surface area contributed by atoms with Crippen molar-refractivity contribution in [3.8, 4) is 5.75 Å². The summed E-state index contributed by atoms with van der Waals surface area (Å²) in [6, 6.07) is 8.50. The highest BCUT2D eigenvalue weighted by atomic mass is 16.5. The van der Waals surface area contributed by atoms with Gasteiger partial charge in [-0.25, -0.2) is 0 Å². The summed E-state index contributed by atoms with van der Waals surface area (Å²) in [4.78, 5) is 0. The molecule has 0 bridgehead atoms. The number of methoxy groups -OCH3 is 1. The van der Waals surface area contributed by atoms with E-state index in [1.165, 1.54) is 5.56 Å². The number of hydrogen-bond acceptors (Lipinski definition) is 6. The average Bonchev–Trinajstić information content (AvgIpc) is 2.96. The van der Waals surface area contributed by atoms with Crippen LogP contribution in [0.5, 0.6) is 5.75 Å². The molecule has 1 aromatic heterocycles. The van der Waals surface area contributed by atoms with E-state index in [4.69, 9.17) is 9.15 Å². The molecule has 2 rings (SSSR count). The van der Waals surface area contributed by atoms with E-state index in [0.29, 0.717) is 11.9 Å². The first-order valence-electron chi connectivity index (χ1n) is 6.60. The van der Waals surface area contributed by atoms with Gasteiger partial charge in [0, 0.05) is 6.54 Å². The molecule has 6 heteroatoms. The van der Waals surface area contributed by atoms with Crippen molar-refractivity contribution in [2.45, 2.75) is 19.4 Å². The zero-order valence-electron chi connectivity index (χ0n) is 12.0. The molecule has 0 fully saturated rings. The van der Waals surface area contributed by atoms with Gasteiger partial charge in [-0.05, 0) is 38.1 Å². The van der Waals surface area contributed by atoms with Gasteiger partial charge in [0.2, 0.25) is 5.89 Å². The Balaban J connectivity index is 1.81. The minimum Gasteiger partial charge on any atom is -0.497 e. The molecule has 0 aliphatic rings. The van der Waals surface area contributed by atoms with Crippen molar-refractivity contribution in [1.29, 1.82) is 0 Å². The van der Waals surface area contributed by atoms with Gasteiger partial charge in [0.1, 0.15) is 5.75 Å². The number of nitrogens with one attached hydrogen (secondary N) is 2. The molecular formula is C14H20N4O2. The molecule has 2 N–H and O–H groups in total. The molecule has 1 atom stereocenters. The average molecular weight is 276 g/mol. The van der Waals surface area contributed by atoms with E-state index < -0.39 is 0 Å². The second kappa shape index (κ2) is 6.91. The van der Waals surface area contributed by atoms with Gasteiger partial charge in [-0.3, -0.25) is 0 Å². The van der Waals surface area contributed by atoms with Gasteiger partial charge in [-0.2, -0.15) is 0 Å². The first kappa shape index (κ1) is 14.3. The summed E-state index contributed by atoms with van der Waals surface area (Å²) in [5.41, 5.74) is 1.22. The lowest BCUT2D eigenvalue weighted by Gasteiger charge is -2.04. The highest BCUT2D eigenvalue weighted by molar-refractivity contribution is 5.28. The normalized spacial score (nSPS) is 12.2. The number of hydrogen-bond donors (Lipinski definition) is 2. The molecule has 1 heterocycles. The van der Waals surface area contributed by atoms with Crippen molar-refractivity contribution in [1.82, 2.24) is 15.5 Å². The van der Waals surface area contributed by atoms with Gasteiger partial charge >= 0.3 is 6.01 Å². The standard InChI is InChI=1S/C14H20N4O2/c1-10(15-2)13-17-18-14(20-13)16-9-8-11-4-6-12(19-3)7-5-11/h4-7,10,15H,8-9H2,1-3H3,(H,16,18). The lowest BCUT2D eigenvalue weighted by Crippen LogP contribution is -2.12. The molecule has 108 valence electrons. The Morgan fingerprint density at radius 3 is 2.65 bits per heavy atom. The number of ether oxygens (including phenoxy) is 1. The molecule has 1 aromatic carbocycles. The summed E-state index contributed by atoms with van der Waals surface area (Å²) >= 11 is 0. The number of benzene rings is 1. The Labute approximate surface area is 118 Å². The van der Waals surface area contributed by atoms with Crippen LogP contribution < -0.4 is 15.4 Å². The summed E-state index contributed by atoms with van der Waals surface area (Å²) in [6.45, 7) is 2.70. The lowest BCUT2D eigenvalue weighted by atomic mass is 10.1. The van der Waals surface area contributed by atoms with Crippen molar-refractivity contribution in [3.63, 3.8) is 0 Å². The maximum Gasteiger partial charge on any atom is 0.315 e. The van der Waals surface area contributed by atoms with Crippen molar-refractivity contribution < 1.29 is 9.15 Å². The summed E-state index contributed by atoms with van der Waals surface area (Å²) in [5.74, 6) is 1.45. The zero-order chi connectivity index (χ0) is 14.4. The van der Waals surface area contributed by atoms with Crippen LogP contribution in [0.25, 0.3) is 0 Å². The summed E-state index contributed by atoms with van der Waals surface area (Å²) in [6.07, 6.45) is 0.878. The highest BCUT2D eigenvalue weighted by Gasteiger charge is 2.11. The Kier molecular flexibility index (Phi) is 4.95. The van der Waals surface area contributed by atoms with Crippen LogP contribution in [-0.2, 0) is 6.42 Å². The van der Waals surface area contributed by atoms with E-state index in [-0.39, 0.29) is 6.04 Å². The van der Waals surface area contributed by atoms with E-state index in [9.17, 15) is 0 Å². The second-order valence-corrected chi connectivity index (χ2v) is 4.48. The number of rotatable bonds is 7. The van der Waals surface area contributed by atoms with E-state index >= 15 is 0 Å². The van der Waals surface area contributed by atoms with Gasteiger partial charge in [-0.15, -0.1) is 5.10 Å². The Morgan fingerprint density at radius 1 is 1.25 bits per heavy atom. The molecule has 0 spiro atoms. The van der Waals surface area contributed by atoms with E-state index in [2.05, 4.69) is 20.8 Å². The molecule has 6 nitrogen and oxygen atoms in total. The topological polar surface area (TPSA) is 72.2 Å². The zero-order valence-corrected chi connectivity index (χ0v) is 12.0. The van der Waals surface area contributed by atoms with Crippen LogP contribution in [-0.4, -0.2) is 30.9 Å². The second-order valence-electron chi connectivity index (χ2n) is 4.48. The fraction of sp³-hybridized carbons (Fsp3) is 0.429. The third-order valence-corrected chi connectivity index (χ3v) is 3.09. The molecule has 0 aliphatic heterocycles. The van der Waals surface area contributed by atoms with Crippen LogP contribution in [0.1, 0.15) is 24.4 Å². The van der Waals surface area contributed by atoms with Crippen molar-refractivity contribution in [2.75, 3.05) is 26.0 Å². The number of anilines is 1. The van der Waals surface area contributed by atoms with E-state index in [1.807, 2.05) is 38.2 Å². The highest BCUT2D eigenvalue weighted by Crippen LogP contribution is 2.14. The predicted molar refractivity (Wildman–Crippen MR) is 77.0 cm³/mol. The first-order chi connectivity index (χ1) is 9.72. The van der Waals surface area contributed by atoms with Crippen LogP contribution in [0.15, 0.2) is 28.7 Å². The molecule has 20 heavy (non-hydrogen) atoms. The fourth-order valence-corrected chi connectivity index (χ4v) is 1.71. The van der Waals surface area contributed by atoms with Gasteiger partial charge in [0.25, 0.3) is 0 Å². The molecule has 0 saturated carbocycles. The Morgan fingerprint density at radius 2 is 2.00 bits per heavy atom. The SMILES string of the molecule is CNC(C)c1nnc(NCCc2ccc(OC)cc2)o1. The lowest BCUT2D eigenvalue weighted by molar-refractivity contribution is 0.414. The van der Waals surface area contributed by atoms with Crippen molar-refractivity contribution >= 4 is 6.01 Å². The Hall–Kier alpha value is -2.08. The molecule has 0 aliphatic carbocycles. The predicted octanol–water partition coefficient (Wildman–Crippen LogP) is 2.01. The van der Waals surface area contributed by atoms with Crippen LogP contribution in [0.3, 0.4) is 0 Å². The molecule has 0 amide bonds. The van der Waals surface area contributed by atoms with Crippen LogP contribution in [0, 0.1) is 0 Å². The molecule has 0 saturated heterocycles. The smallest absolute Gasteiger partial charge is 0.315 e. The first-order valence-corrected chi connectivity index (χ1v) is 6.60. The van der Waals surface area contributed by atoms with E-state index in [1.54, 1.807) is 7.11 Å². The van der Waals surface area contributed by atoms with Gasteiger partial charge in [0.05, 0.1) is 13.2 Å². The van der Waals surface area contributed by atoms with Gasteiger partial charge in [0.15, 0.2) is 0 Å². The van der Waals surface area contributed by atoms with Crippen molar-refractivity contribution in [2.24, 2.45) is 0 Å². The van der Waals surface area contributed by atoms with Crippen LogP contribution in [0.4, 0.5) is 6.01 Å². The minimum absolute atomic E-state index is 0.0552. The van der Waals surface area contributed by atoms with Gasteiger partial charge in [-0.1, -0.05) is 17.2 Å². The molecule has 0 radical (unpaired) electrons.